The Labute approximate surface area is 99.1 Å². The predicted molar refractivity (Wildman–Crippen MR) is 64.1 cm³/mol. The fourth-order valence-corrected chi connectivity index (χ4v) is 2.40. The summed E-state index contributed by atoms with van der Waals surface area (Å²) in [5.41, 5.74) is 0.213. The van der Waals surface area contributed by atoms with Gasteiger partial charge in [0.25, 0.3) is 0 Å². The number of hydrogen-bond donors (Lipinski definition) is 1. The highest BCUT2D eigenvalue weighted by Crippen LogP contribution is 2.23. The van der Waals surface area contributed by atoms with E-state index in [0.29, 0.717) is 11.3 Å². The Morgan fingerprint density at radius 2 is 2.00 bits per heavy atom. The second kappa shape index (κ2) is 4.78. The summed E-state index contributed by atoms with van der Waals surface area (Å²) in [6.07, 6.45) is 0.709. The highest BCUT2D eigenvalue weighted by atomic mass is 32.1. The molecular formula is C12H16O3S. The summed E-state index contributed by atoms with van der Waals surface area (Å²) in [6.45, 7) is 5.99. The van der Waals surface area contributed by atoms with Gasteiger partial charge in [0.1, 0.15) is 5.78 Å². The van der Waals surface area contributed by atoms with E-state index in [9.17, 15) is 9.59 Å². The number of thiophene rings is 1. The number of carboxylic acid groups (broad SMARTS) is 1. The molecule has 0 amide bonds. The van der Waals surface area contributed by atoms with Crippen molar-refractivity contribution in [3.8, 4) is 0 Å². The number of Topliss-reactive ketones (excluding diaryl/α,β-unsaturated/α-hetero) is 1. The highest BCUT2D eigenvalue weighted by molar-refractivity contribution is 7.10. The van der Waals surface area contributed by atoms with Crippen molar-refractivity contribution in [2.75, 3.05) is 0 Å². The van der Waals surface area contributed by atoms with E-state index in [0.717, 1.165) is 0 Å². The molecule has 0 saturated carbocycles. The number of hydrogen-bond acceptors (Lipinski definition) is 3. The minimum absolute atomic E-state index is 0.0439. The summed E-state index contributed by atoms with van der Waals surface area (Å²) < 4.78 is 0. The molecule has 0 aliphatic heterocycles. The van der Waals surface area contributed by atoms with Crippen molar-refractivity contribution < 1.29 is 14.7 Å². The molecule has 1 aromatic heterocycles. The Hall–Kier alpha value is -1.16. The van der Waals surface area contributed by atoms with Crippen LogP contribution in [0.3, 0.4) is 0 Å². The van der Waals surface area contributed by atoms with E-state index in [2.05, 4.69) is 0 Å². The summed E-state index contributed by atoms with van der Waals surface area (Å²) >= 11 is 1.33. The molecule has 0 saturated heterocycles. The lowest BCUT2D eigenvalue weighted by molar-refractivity contribution is -0.120. The molecule has 0 unspecified atom stereocenters. The van der Waals surface area contributed by atoms with E-state index in [1.165, 1.54) is 11.3 Å². The molecule has 16 heavy (non-hydrogen) atoms. The summed E-state index contributed by atoms with van der Waals surface area (Å²) in [5.74, 6) is -0.864. The largest absolute Gasteiger partial charge is 0.478 e. The van der Waals surface area contributed by atoms with Crippen molar-refractivity contribution >= 4 is 23.1 Å². The molecule has 1 heterocycles. The van der Waals surface area contributed by atoms with E-state index in [1.807, 2.05) is 20.8 Å². The van der Waals surface area contributed by atoms with Crippen molar-refractivity contribution in [2.45, 2.75) is 33.6 Å². The van der Waals surface area contributed by atoms with Crippen LogP contribution in [0.1, 0.15) is 42.4 Å². The van der Waals surface area contributed by atoms with Gasteiger partial charge in [-0.1, -0.05) is 20.8 Å². The van der Waals surface area contributed by atoms with Crippen LogP contribution < -0.4 is 0 Å². The fourth-order valence-electron chi connectivity index (χ4n) is 1.50. The van der Waals surface area contributed by atoms with Crippen LogP contribution in [0.4, 0.5) is 0 Å². The first-order valence-electron chi connectivity index (χ1n) is 5.11. The third kappa shape index (κ3) is 3.77. The second-order valence-electron chi connectivity index (χ2n) is 5.02. The average Bonchev–Trinajstić information content (AvgIpc) is 2.47. The molecule has 0 fully saturated rings. The molecule has 0 spiro atoms. The Balaban J connectivity index is 2.70. The zero-order valence-corrected chi connectivity index (χ0v) is 10.6. The number of rotatable bonds is 4. The van der Waals surface area contributed by atoms with Gasteiger partial charge in [-0.3, -0.25) is 4.79 Å². The number of aromatic carboxylic acids is 1. The summed E-state index contributed by atoms with van der Waals surface area (Å²) in [4.78, 5) is 23.2. The van der Waals surface area contributed by atoms with Gasteiger partial charge in [0.2, 0.25) is 0 Å². The molecule has 1 N–H and O–H groups in total. The first kappa shape index (κ1) is 12.9. The second-order valence-corrected chi connectivity index (χ2v) is 6.02. The monoisotopic (exact) mass is 240 g/mol. The van der Waals surface area contributed by atoms with Crippen LogP contribution in [0.25, 0.3) is 0 Å². The number of carbonyl (C=O) groups excluding carboxylic acids is 1. The molecule has 1 rings (SSSR count). The molecule has 3 nitrogen and oxygen atoms in total. The number of carbonyl (C=O) groups is 2. The lowest BCUT2D eigenvalue weighted by Crippen LogP contribution is -2.15. The van der Waals surface area contributed by atoms with Crippen molar-refractivity contribution in [3.05, 3.63) is 21.9 Å². The molecule has 0 radical (unpaired) electrons. The minimum Gasteiger partial charge on any atom is -0.478 e. The maximum atomic E-state index is 11.7. The summed E-state index contributed by atoms with van der Waals surface area (Å²) in [6, 6.07) is 1.55. The summed E-state index contributed by atoms with van der Waals surface area (Å²) in [7, 11) is 0. The quantitative estimate of drug-likeness (QED) is 0.880. The molecular weight excluding hydrogens is 224 g/mol. The van der Waals surface area contributed by atoms with E-state index >= 15 is 0 Å². The molecule has 0 aromatic carbocycles. The highest BCUT2D eigenvalue weighted by Gasteiger charge is 2.19. The summed E-state index contributed by atoms with van der Waals surface area (Å²) in [5, 5.41) is 10.6. The molecule has 0 bridgehead atoms. The van der Waals surface area contributed by atoms with Gasteiger partial charge in [0.15, 0.2) is 0 Å². The Morgan fingerprint density at radius 3 is 2.50 bits per heavy atom. The van der Waals surface area contributed by atoms with Gasteiger partial charge in [-0.2, -0.15) is 0 Å². The number of ketones is 1. The molecule has 88 valence electrons. The van der Waals surface area contributed by atoms with Crippen LogP contribution in [0.5, 0.6) is 0 Å². The van der Waals surface area contributed by atoms with Crippen LogP contribution in [0.15, 0.2) is 11.4 Å². The van der Waals surface area contributed by atoms with Crippen LogP contribution in [-0.2, 0) is 11.2 Å². The smallest absolute Gasteiger partial charge is 0.336 e. The van der Waals surface area contributed by atoms with E-state index < -0.39 is 5.97 Å². The number of carboxylic acids is 1. The van der Waals surface area contributed by atoms with E-state index in [1.54, 1.807) is 11.4 Å². The minimum atomic E-state index is -0.959. The van der Waals surface area contributed by atoms with Gasteiger partial charge in [-0.15, -0.1) is 11.3 Å². The van der Waals surface area contributed by atoms with Gasteiger partial charge in [-0.25, -0.2) is 4.79 Å². The fraction of sp³-hybridized carbons (Fsp3) is 0.500. The van der Waals surface area contributed by atoms with Crippen LogP contribution in [0, 0.1) is 5.41 Å². The normalized spacial score (nSPS) is 11.4. The van der Waals surface area contributed by atoms with Gasteiger partial charge in [0.05, 0.1) is 5.56 Å². The zero-order valence-electron chi connectivity index (χ0n) is 9.74. The molecule has 0 aliphatic rings. The van der Waals surface area contributed by atoms with Crippen molar-refractivity contribution in [3.63, 3.8) is 0 Å². The van der Waals surface area contributed by atoms with E-state index in [4.69, 9.17) is 5.11 Å². The van der Waals surface area contributed by atoms with Crippen LogP contribution in [-0.4, -0.2) is 16.9 Å². The SMILES string of the molecule is CC(C)(C)CC(=O)Cc1sccc1C(=O)O. The molecule has 1 aromatic rings. The van der Waals surface area contributed by atoms with Gasteiger partial charge in [0, 0.05) is 17.7 Å². The topological polar surface area (TPSA) is 54.4 Å². The van der Waals surface area contributed by atoms with Crippen molar-refractivity contribution in [1.82, 2.24) is 0 Å². The van der Waals surface area contributed by atoms with Gasteiger partial charge < -0.3 is 5.11 Å². The van der Waals surface area contributed by atoms with Crippen LogP contribution >= 0.6 is 11.3 Å². The lowest BCUT2D eigenvalue weighted by atomic mass is 9.89. The molecule has 4 heteroatoms. The average molecular weight is 240 g/mol. The van der Waals surface area contributed by atoms with Gasteiger partial charge in [-0.05, 0) is 16.9 Å². The maximum absolute atomic E-state index is 11.7. The third-order valence-electron chi connectivity index (χ3n) is 2.06. The Morgan fingerprint density at radius 1 is 1.38 bits per heavy atom. The zero-order chi connectivity index (χ0) is 12.3. The van der Waals surface area contributed by atoms with Crippen molar-refractivity contribution in [2.24, 2.45) is 5.41 Å². The van der Waals surface area contributed by atoms with Gasteiger partial charge >= 0.3 is 5.97 Å². The Bertz CT molecular complexity index is 399. The van der Waals surface area contributed by atoms with Crippen LogP contribution in [0.2, 0.25) is 0 Å². The maximum Gasteiger partial charge on any atom is 0.336 e. The first-order valence-corrected chi connectivity index (χ1v) is 5.99. The standard InChI is InChI=1S/C12H16O3S/c1-12(2,3)7-8(13)6-10-9(11(14)15)4-5-16-10/h4-5H,6-7H2,1-3H3,(H,14,15). The first-order chi connectivity index (χ1) is 7.29. The lowest BCUT2D eigenvalue weighted by Gasteiger charge is -2.16. The van der Waals surface area contributed by atoms with E-state index in [-0.39, 0.29) is 23.2 Å². The molecule has 0 aliphatic carbocycles. The predicted octanol–water partition coefficient (Wildman–Crippen LogP) is 2.99. The Kier molecular flexibility index (Phi) is 3.86. The molecule has 0 atom stereocenters. The third-order valence-corrected chi connectivity index (χ3v) is 2.98. The van der Waals surface area contributed by atoms with Crippen molar-refractivity contribution in [1.29, 1.82) is 0 Å².